The highest BCUT2D eigenvalue weighted by molar-refractivity contribution is 5.23. The molecule has 0 amide bonds. The van der Waals surface area contributed by atoms with Gasteiger partial charge in [-0.3, -0.25) is 0 Å². The summed E-state index contributed by atoms with van der Waals surface area (Å²) in [5.41, 5.74) is 3.17. The minimum Gasteiger partial charge on any atom is -0.393 e. The third kappa shape index (κ3) is 1.71. The van der Waals surface area contributed by atoms with E-state index in [1.165, 1.54) is 5.57 Å². The van der Waals surface area contributed by atoms with Crippen molar-refractivity contribution in [2.75, 3.05) is 0 Å². The predicted octanol–water partition coefficient (Wildman–Crippen LogP) is 2.89. The Balaban J connectivity index is 2.96. The summed E-state index contributed by atoms with van der Waals surface area (Å²) in [5.74, 6) is 0. The predicted molar refractivity (Wildman–Crippen MR) is 52.0 cm³/mol. The largest absolute Gasteiger partial charge is 0.393 e. The fourth-order valence-corrected chi connectivity index (χ4v) is 2.62. The van der Waals surface area contributed by atoms with Crippen LogP contribution in [0.5, 0.6) is 0 Å². The summed E-state index contributed by atoms with van der Waals surface area (Å²) in [7, 11) is 0. The molecular weight excluding hydrogens is 148 g/mol. The van der Waals surface area contributed by atoms with Gasteiger partial charge in [-0.05, 0) is 31.6 Å². The van der Waals surface area contributed by atoms with Gasteiger partial charge in [-0.2, -0.15) is 0 Å². The summed E-state index contributed by atoms with van der Waals surface area (Å²) in [6, 6.07) is 0. The average molecular weight is 168 g/mol. The fraction of sp³-hybridized carbons (Fsp3) is 0.818. The summed E-state index contributed by atoms with van der Waals surface area (Å²) >= 11 is 0. The van der Waals surface area contributed by atoms with Crippen LogP contribution in [0.1, 0.15) is 47.0 Å². The van der Waals surface area contributed by atoms with Crippen LogP contribution >= 0.6 is 0 Å². The molecule has 1 heteroatoms. The summed E-state index contributed by atoms with van der Waals surface area (Å²) in [5, 5.41) is 9.59. The van der Waals surface area contributed by atoms with Gasteiger partial charge in [0.05, 0.1) is 6.10 Å². The Hall–Kier alpha value is -0.300. The molecule has 1 rings (SSSR count). The topological polar surface area (TPSA) is 20.2 Å². The molecule has 12 heavy (non-hydrogen) atoms. The molecule has 0 heterocycles. The zero-order chi connectivity index (χ0) is 9.35. The molecule has 70 valence electrons. The van der Waals surface area contributed by atoms with E-state index in [1.807, 2.05) is 0 Å². The third-order valence-corrected chi connectivity index (χ3v) is 2.97. The van der Waals surface area contributed by atoms with E-state index in [4.69, 9.17) is 0 Å². The minimum atomic E-state index is -0.115. The SMILES string of the molecule is CCC1=C(C)C[C@@H](O)CC1(C)C. The van der Waals surface area contributed by atoms with Crippen LogP contribution in [-0.4, -0.2) is 11.2 Å². The van der Waals surface area contributed by atoms with Crippen molar-refractivity contribution in [2.45, 2.75) is 53.1 Å². The van der Waals surface area contributed by atoms with Gasteiger partial charge in [0.25, 0.3) is 0 Å². The summed E-state index contributed by atoms with van der Waals surface area (Å²) in [6.45, 7) is 8.83. The van der Waals surface area contributed by atoms with Crippen molar-refractivity contribution >= 4 is 0 Å². The van der Waals surface area contributed by atoms with Crippen LogP contribution in [0.25, 0.3) is 0 Å². The Morgan fingerprint density at radius 3 is 2.50 bits per heavy atom. The van der Waals surface area contributed by atoms with Crippen LogP contribution in [-0.2, 0) is 0 Å². The van der Waals surface area contributed by atoms with Crippen molar-refractivity contribution in [2.24, 2.45) is 5.41 Å². The van der Waals surface area contributed by atoms with E-state index >= 15 is 0 Å². The van der Waals surface area contributed by atoms with Gasteiger partial charge in [-0.15, -0.1) is 0 Å². The first-order valence-electron chi connectivity index (χ1n) is 4.84. The quantitative estimate of drug-likeness (QED) is 0.597. The average Bonchev–Trinajstić information content (AvgIpc) is 1.82. The first-order chi connectivity index (χ1) is 5.47. The van der Waals surface area contributed by atoms with Crippen molar-refractivity contribution in [3.8, 4) is 0 Å². The number of hydrogen-bond donors (Lipinski definition) is 1. The molecule has 1 N–H and O–H groups in total. The Labute approximate surface area is 75.5 Å². The number of allylic oxidation sites excluding steroid dienone is 1. The lowest BCUT2D eigenvalue weighted by Gasteiger charge is -2.36. The maximum Gasteiger partial charge on any atom is 0.0585 e. The van der Waals surface area contributed by atoms with E-state index in [9.17, 15) is 5.11 Å². The molecule has 0 saturated heterocycles. The van der Waals surface area contributed by atoms with Gasteiger partial charge in [0.15, 0.2) is 0 Å². The first kappa shape index (κ1) is 9.79. The molecule has 0 aromatic rings. The number of aliphatic hydroxyl groups excluding tert-OH is 1. The standard InChI is InChI=1S/C11H20O/c1-5-10-8(2)6-9(12)7-11(10,3)4/h9,12H,5-7H2,1-4H3/t9-/m1/s1. The fourth-order valence-electron chi connectivity index (χ4n) is 2.62. The maximum absolute atomic E-state index is 9.59. The first-order valence-corrected chi connectivity index (χ1v) is 4.84. The van der Waals surface area contributed by atoms with E-state index < -0.39 is 0 Å². The van der Waals surface area contributed by atoms with Crippen molar-refractivity contribution in [3.05, 3.63) is 11.1 Å². The smallest absolute Gasteiger partial charge is 0.0585 e. The normalized spacial score (nSPS) is 29.2. The molecule has 1 nitrogen and oxygen atoms in total. The van der Waals surface area contributed by atoms with E-state index in [0.717, 1.165) is 19.3 Å². The highest BCUT2D eigenvalue weighted by Crippen LogP contribution is 2.41. The van der Waals surface area contributed by atoms with Crippen LogP contribution in [0, 0.1) is 5.41 Å². The van der Waals surface area contributed by atoms with E-state index in [1.54, 1.807) is 5.57 Å². The van der Waals surface area contributed by atoms with Gasteiger partial charge >= 0.3 is 0 Å². The third-order valence-electron chi connectivity index (χ3n) is 2.97. The van der Waals surface area contributed by atoms with Crippen LogP contribution in [0.15, 0.2) is 11.1 Å². The molecule has 0 aromatic heterocycles. The van der Waals surface area contributed by atoms with Crippen molar-refractivity contribution in [1.82, 2.24) is 0 Å². The second kappa shape index (κ2) is 3.21. The van der Waals surface area contributed by atoms with Crippen LogP contribution in [0.4, 0.5) is 0 Å². The lowest BCUT2D eigenvalue weighted by atomic mass is 9.71. The van der Waals surface area contributed by atoms with Gasteiger partial charge in [-0.1, -0.05) is 31.9 Å². The highest BCUT2D eigenvalue weighted by Gasteiger charge is 2.31. The molecule has 0 aliphatic heterocycles. The van der Waals surface area contributed by atoms with Gasteiger partial charge in [-0.25, -0.2) is 0 Å². The van der Waals surface area contributed by atoms with Crippen molar-refractivity contribution in [3.63, 3.8) is 0 Å². The maximum atomic E-state index is 9.59. The molecule has 0 spiro atoms. The number of aliphatic hydroxyl groups is 1. The van der Waals surface area contributed by atoms with Crippen LogP contribution in [0.2, 0.25) is 0 Å². The van der Waals surface area contributed by atoms with Gasteiger partial charge in [0, 0.05) is 0 Å². The number of rotatable bonds is 1. The van der Waals surface area contributed by atoms with Gasteiger partial charge < -0.3 is 5.11 Å². The second-order valence-electron chi connectivity index (χ2n) is 4.56. The van der Waals surface area contributed by atoms with Crippen molar-refractivity contribution < 1.29 is 5.11 Å². The summed E-state index contributed by atoms with van der Waals surface area (Å²) in [4.78, 5) is 0. The van der Waals surface area contributed by atoms with Crippen LogP contribution in [0.3, 0.4) is 0 Å². The Morgan fingerprint density at radius 1 is 1.50 bits per heavy atom. The van der Waals surface area contributed by atoms with Crippen LogP contribution < -0.4 is 0 Å². The molecule has 0 fully saturated rings. The molecule has 0 bridgehead atoms. The summed E-state index contributed by atoms with van der Waals surface area (Å²) < 4.78 is 0. The Kier molecular flexibility index (Phi) is 2.62. The lowest BCUT2D eigenvalue weighted by Crippen LogP contribution is -2.28. The number of hydrogen-bond acceptors (Lipinski definition) is 1. The second-order valence-corrected chi connectivity index (χ2v) is 4.56. The Bertz CT molecular complexity index is 201. The molecule has 0 saturated carbocycles. The Morgan fingerprint density at radius 2 is 2.08 bits per heavy atom. The molecule has 1 atom stereocenters. The molecule has 0 unspecified atom stereocenters. The minimum absolute atomic E-state index is 0.115. The van der Waals surface area contributed by atoms with E-state index in [2.05, 4.69) is 27.7 Å². The lowest BCUT2D eigenvalue weighted by molar-refractivity contribution is 0.113. The van der Waals surface area contributed by atoms with Crippen molar-refractivity contribution in [1.29, 1.82) is 0 Å². The van der Waals surface area contributed by atoms with Gasteiger partial charge in [0.2, 0.25) is 0 Å². The molecule has 0 aromatic carbocycles. The monoisotopic (exact) mass is 168 g/mol. The molecule has 0 radical (unpaired) electrons. The molecule has 1 aliphatic carbocycles. The molecular formula is C11H20O. The van der Waals surface area contributed by atoms with E-state index in [0.29, 0.717) is 0 Å². The van der Waals surface area contributed by atoms with Gasteiger partial charge in [0.1, 0.15) is 0 Å². The summed E-state index contributed by atoms with van der Waals surface area (Å²) in [6.07, 6.45) is 2.82. The zero-order valence-corrected chi connectivity index (χ0v) is 8.65. The molecule has 1 aliphatic rings. The highest BCUT2D eigenvalue weighted by atomic mass is 16.3. The zero-order valence-electron chi connectivity index (χ0n) is 8.65. The van der Waals surface area contributed by atoms with E-state index in [-0.39, 0.29) is 11.5 Å².